The molecule has 4 aromatic carbocycles. The third-order valence-electron chi connectivity index (χ3n) is 18.2. The van der Waals surface area contributed by atoms with Crippen molar-refractivity contribution in [2.24, 2.45) is 41.2 Å². The number of hydrogen-bond donors (Lipinski definition) is 1. The molecule has 346 valence electrons. The number of nitrogens with zero attached hydrogens (tertiary/aromatic N) is 2. The van der Waals surface area contributed by atoms with Gasteiger partial charge in [0.15, 0.2) is 0 Å². The quantitative estimate of drug-likeness (QED) is 0.162. The highest BCUT2D eigenvalue weighted by atomic mass is 15.1. The van der Waals surface area contributed by atoms with E-state index in [1.807, 2.05) is 0 Å². The number of aromatic nitrogens is 2. The molecule has 7 unspecified atom stereocenters. The van der Waals surface area contributed by atoms with Gasteiger partial charge in [0.25, 0.3) is 0 Å². The Hall–Kier alpha value is -7.20. The molecule has 1 saturated carbocycles. The monoisotopic (exact) mass is 917 g/mol. The van der Waals surface area contributed by atoms with Gasteiger partial charge in [0.2, 0.25) is 0 Å². The van der Waals surface area contributed by atoms with Crippen LogP contribution in [-0.2, 0) is 19.3 Å². The molecule has 0 bridgehead atoms. The molecule has 71 heavy (non-hydrogen) atoms. The number of rotatable bonds is 8. The lowest BCUT2D eigenvalue weighted by atomic mass is 9.72. The van der Waals surface area contributed by atoms with E-state index < -0.39 is 0 Å². The lowest BCUT2D eigenvalue weighted by Gasteiger charge is -2.36. The van der Waals surface area contributed by atoms with Gasteiger partial charge in [-0.1, -0.05) is 170 Å². The van der Waals surface area contributed by atoms with E-state index in [-0.39, 0.29) is 29.8 Å². The summed E-state index contributed by atoms with van der Waals surface area (Å²) in [4.78, 5) is 0. The first-order valence-electron chi connectivity index (χ1n) is 26.6. The Bertz CT molecular complexity index is 3900. The van der Waals surface area contributed by atoms with Crippen LogP contribution in [0.25, 0.3) is 62.6 Å². The van der Waals surface area contributed by atoms with Crippen molar-refractivity contribution in [2.45, 2.75) is 64.5 Å². The maximum Gasteiger partial charge on any atom is 0.0626 e. The predicted octanol–water partition coefficient (Wildman–Crippen LogP) is 14.0. The second-order valence-corrected chi connectivity index (χ2v) is 21.8. The Morgan fingerprint density at radius 3 is 2.48 bits per heavy atom. The highest BCUT2D eigenvalue weighted by molar-refractivity contribution is 6.15. The molecule has 0 aliphatic heterocycles. The van der Waals surface area contributed by atoms with Crippen molar-refractivity contribution in [1.29, 1.82) is 0 Å². The van der Waals surface area contributed by atoms with E-state index in [4.69, 9.17) is 5.73 Å². The summed E-state index contributed by atoms with van der Waals surface area (Å²) in [5.74, 6) is 2.25. The Labute approximate surface area is 416 Å². The lowest BCUT2D eigenvalue weighted by molar-refractivity contribution is 0.479. The van der Waals surface area contributed by atoms with E-state index in [1.165, 1.54) is 117 Å². The molecule has 3 nitrogen and oxygen atoms in total. The summed E-state index contributed by atoms with van der Waals surface area (Å²) in [5, 5.41) is 7.85. The van der Waals surface area contributed by atoms with Crippen LogP contribution in [0.3, 0.4) is 0 Å². The molecule has 2 heterocycles. The summed E-state index contributed by atoms with van der Waals surface area (Å²) in [7, 11) is 0. The van der Waals surface area contributed by atoms with Gasteiger partial charge in [-0.15, -0.1) is 0 Å². The number of para-hydroxylation sites is 1. The molecular formula is C68H59N3. The summed E-state index contributed by atoms with van der Waals surface area (Å²) in [6.07, 6.45) is 54.4. The van der Waals surface area contributed by atoms with Crippen molar-refractivity contribution in [3.63, 3.8) is 0 Å². The summed E-state index contributed by atoms with van der Waals surface area (Å²) >= 11 is 0. The fraction of sp³-hybridized carbons (Fsp3) is 0.235. The normalized spacial score (nSPS) is 25.9. The number of allylic oxidation sites excluding steroid dienone is 20. The summed E-state index contributed by atoms with van der Waals surface area (Å²) in [5.41, 5.74) is 28.7. The maximum absolute atomic E-state index is 7.78. The molecule has 1 fully saturated rings. The zero-order chi connectivity index (χ0) is 47.1. The Balaban J connectivity index is 0.911. The molecule has 2 N–H and O–H groups in total. The van der Waals surface area contributed by atoms with E-state index >= 15 is 0 Å². The smallest absolute Gasteiger partial charge is 0.0626 e. The zero-order valence-electron chi connectivity index (χ0n) is 40.7. The average Bonchev–Trinajstić information content (AvgIpc) is 3.93. The molecule has 0 spiro atoms. The fourth-order valence-corrected chi connectivity index (χ4v) is 14.8. The Morgan fingerprint density at radius 1 is 0.732 bits per heavy atom. The van der Waals surface area contributed by atoms with Crippen LogP contribution in [0.5, 0.6) is 0 Å². The minimum atomic E-state index is -0.152. The van der Waals surface area contributed by atoms with Crippen LogP contribution < -0.4 is 16.3 Å². The van der Waals surface area contributed by atoms with Gasteiger partial charge in [0.05, 0.1) is 22.8 Å². The maximum atomic E-state index is 7.78. The van der Waals surface area contributed by atoms with Gasteiger partial charge in [-0.3, -0.25) is 0 Å². The van der Waals surface area contributed by atoms with Crippen LogP contribution >= 0.6 is 0 Å². The van der Waals surface area contributed by atoms with Crippen LogP contribution in [0.4, 0.5) is 0 Å². The van der Waals surface area contributed by atoms with E-state index in [0.717, 1.165) is 32.1 Å². The molecule has 0 saturated heterocycles. The van der Waals surface area contributed by atoms with Crippen LogP contribution in [0, 0.1) is 35.5 Å². The molecular weight excluding hydrogens is 859 g/mol. The number of hydrogen-bond acceptors (Lipinski definition) is 1. The van der Waals surface area contributed by atoms with Crippen molar-refractivity contribution < 1.29 is 0 Å². The minimum absolute atomic E-state index is 0.0990. The Kier molecular flexibility index (Phi) is 9.31. The molecule has 2 aromatic heterocycles. The average molecular weight is 918 g/mol. The van der Waals surface area contributed by atoms with Gasteiger partial charge in [0.1, 0.15) is 0 Å². The van der Waals surface area contributed by atoms with Gasteiger partial charge in [-0.2, -0.15) is 0 Å². The van der Waals surface area contributed by atoms with E-state index in [2.05, 4.69) is 211 Å². The molecule has 3 heteroatoms. The van der Waals surface area contributed by atoms with Crippen molar-refractivity contribution in [2.75, 3.05) is 0 Å². The minimum Gasteiger partial charge on any atom is -0.336 e. The number of fused-ring (bicyclic) bond motifs is 12. The number of nitrogens with two attached hydrogens (primary N) is 1. The number of benzene rings is 4. The predicted molar refractivity (Wildman–Crippen MR) is 298 cm³/mol. The largest absolute Gasteiger partial charge is 0.336 e. The lowest BCUT2D eigenvalue weighted by Crippen LogP contribution is -2.41. The third-order valence-corrected chi connectivity index (χ3v) is 18.2. The Morgan fingerprint density at radius 2 is 1.58 bits per heavy atom. The van der Waals surface area contributed by atoms with Gasteiger partial charge in [-0.25, -0.2) is 0 Å². The van der Waals surface area contributed by atoms with Crippen molar-refractivity contribution >= 4 is 62.6 Å². The van der Waals surface area contributed by atoms with Crippen LogP contribution in [-0.4, -0.2) is 9.13 Å². The van der Waals surface area contributed by atoms with Crippen LogP contribution in [0.1, 0.15) is 84.3 Å². The zero-order valence-corrected chi connectivity index (χ0v) is 40.7. The van der Waals surface area contributed by atoms with Crippen molar-refractivity contribution in [3.8, 4) is 0 Å². The highest BCUT2D eigenvalue weighted by Gasteiger charge is 2.45. The second kappa shape index (κ2) is 15.9. The first-order chi connectivity index (χ1) is 35.0. The highest BCUT2D eigenvalue weighted by Crippen LogP contribution is 2.55. The molecule has 15 rings (SSSR count). The molecule has 9 aliphatic carbocycles. The summed E-state index contributed by atoms with van der Waals surface area (Å²) in [6.45, 7) is 4.92. The van der Waals surface area contributed by atoms with Crippen LogP contribution in [0.2, 0.25) is 0 Å². The van der Waals surface area contributed by atoms with Gasteiger partial charge >= 0.3 is 0 Å². The van der Waals surface area contributed by atoms with Gasteiger partial charge in [0, 0.05) is 62.8 Å². The second-order valence-electron chi connectivity index (χ2n) is 21.8. The topological polar surface area (TPSA) is 35.9 Å². The summed E-state index contributed by atoms with van der Waals surface area (Å²) in [6, 6.07) is 25.1. The molecule has 8 atom stereocenters. The van der Waals surface area contributed by atoms with Crippen molar-refractivity contribution in [3.05, 3.63) is 241 Å². The summed E-state index contributed by atoms with van der Waals surface area (Å²) < 4.78 is 5.38. The SMILES string of the molecule is C/C(=C(\C1=C2C=CC=CC2C(n2c3c(c4c2=CC2C=CC=C2C=4n2c4ccccc4c4cc5ccccc5cc42)C=CC3)C=C1)C(C)C(N)c1cc2c(c3c1C=CCC3)CC=C2)[C@H]1CC1C1C=CC=CC1. The van der Waals surface area contributed by atoms with Gasteiger partial charge in [-0.05, 0) is 148 Å². The van der Waals surface area contributed by atoms with Gasteiger partial charge < -0.3 is 14.9 Å². The van der Waals surface area contributed by atoms with E-state index in [9.17, 15) is 0 Å². The standard InChI is InChI=1S/C68H59N3/c1-40(56-39-57(56)42-17-4-3-5-18-42)65(41(2)67(69)59-36-45-21-14-28-47(45)49-23-8-9-24-50(49)59)54-33-34-62(52-26-11-10-25-51(52)54)70-61-32-16-30-55(61)66-64(70)38-46-22-15-29-48(46)68(66)71-60-31-13-12-27-53(60)58-35-43-19-6-7-20-44(43)37-63(58)71/h3-7,9-17,19-22,24-27,29-31,33-38,41-42,46,52,56-57,62,67H,8,18,23,28,32,39,69H2,1-2H3/b65-40+/t41?,42?,46?,52?,56-,57?,62?,67?/m1/s1. The first kappa shape index (κ1) is 41.6. The molecule has 0 radical (unpaired) electrons. The molecule has 9 aliphatic rings. The van der Waals surface area contributed by atoms with Crippen LogP contribution in [0.15, 0.2) is 192 Å². The van der Waals surface area contributed by atoms with E-state index in [0.29, 0.717) is 17.8 Å². The first-order valence-corrected chi connectivity index (χ1v) is 26.6. The fourth-order valence-electron chi connectivity index (χ4n) is 14.8. The van der Waals surface area contributed by atoms with E-state index in [1.54, 1.807) is 5.57 Å². The third kappa shape index (κ3) is 6.18. The molecule has 6 aromatic rings. The molecule has 0 amide bonds. The van der Waals surface area contributed by atoms with Crippen molar-refractivity contribution in [1.82, 2.24) is 9.13 Å².